The van der Waals surface area contributed by atoms with Crippen LogP contribution in [-0.4, -0.2) is 28.6 Å². The summed E-state index contributed by atoms with van der Waals surface area (Å²) in [7, 11) is 1.60. The van der Waals surface area contributed by atoms with Crippen molar-refractivity contribution < 1.29 is 9.59 Å². The highest BCUT2D eigenvalue weighted by Crippen LogP contribution is 1.99. The van der Waals surface area contributed by atoms with Gasteiger partial charge in [-0.3, -0.25) is 9.59 Å². The fraction of sp³-hybridized carbons (Fsp3) is 0.333. The van der Waals surface area contributed by atoms with Crippen molar-refractivity contribution in [1.82, 2.24) is 9.88 Å². The van der Waals surface area contributed by atoms with Gasteiger partial charge in [-0.15, -0.1) is 0 Å². The average molecular weight is 180 g/mol. The van der Waals surface area contributed by atoms with E-state index in [0.29, 0.717) is 6.54 Å². The first-order valence-corrected chi connectivity index (χ1v) is 3.99. The van der Waals surface area contributed by atoms with E-state index in [1.165, 1.54) is 11.8 Å². The number of H-pyrrole nitrogens is 1. The number of ketones is 1. The van der Waals surface area contributed by atoms with Crippen LogP contribution in [0.25, 0.3) is 0 Å². The molecule has 0 bridgehead atoms. The number of carbonyl (C=O) groups is 2. The van der Waals surface area contributed by atoms with E-state index < -0.39 is 11.7 Å². The third kappa shape index (κ3) is 2.43. The summed E-state index contributed by atoms with van der Waals surface area (Å²) < 4.78 is 0. The molecule has 4 heteroatoms. The molecule has 0 aromatic carbocycles. The first-order chi connectivity index (χ1) is 6.11. The van der Waals surface area contributed by atoms with Gasteiger partial charge in [0.05, 0.1) is 6.54 Å². The molecule has 0 aliphatic rings. The zero-order chi connectivity index (χ0) is 9.84. The van der Waals surface area contributed by atoms with Crippen LogP contribution < -0.4 is 0 Å². The highest BCUT2D eigenvalue weighted by Gasteiger charge is 2.13. The molecule has 1 aromatic heterocycles. The van der Waals surface area contributed by atoms with E-state index in [2.05, 4.69) is 4.98 Å². The molecule has 0 radical (unpaired) electrons. The topological polar surface area (TPSA) is 53.2 Å². The summed E-state index contributed by atoms with van der Waals surface area (Å²) in [5.74, 6) is -0.899. The Morgan fingerprint density at radius 3 is 2.69 bits per heavy atom. The number of aromatic nitrogens is 1. The molecule has 0 spiro atoms. The minimum absolute atomic E-state index is 0.436. The number of aromatic amines is 1. The van der Waals surface area contributed by atoms with E-state index in [0.717, 1.165) is 5.69 Å². The van der Waals surface area contributed by atoms with Crippen molar-refractivity contribution in [2.24, 2.45) is 0 Å². The van der Waals surface area contributed by atoms with Gasteiger partial charge in [-0.05, 0) is 12.1 Å². The molecule has 1 N–H and O–H groups in total. The number of likely N-dealkylation sites (N-methyl/N-ethyl adjacent to an activating group) is 1. The van der Waals surface area contributed by atoms with Gasteiger partial charge < -0.3 is 9.88 Å². The van der Waals surface area contributed by atoms with Gasteiger partial charge in [-0.1, -0.05) is 0 Å². The van der Waals surface area contributed by atoms with E-state index >= 15 is 0 Å². The van der Waals surface area contributed by atoms with Crippen LogP contribution in [0.3, 0.4) is 0 Å². The number of carbonyl (C=O) groups excluding carboxylic acids is 2. The predicted octanol–water partition coefficient (Wildman–Crippen LogP) is 0.562. The van der Waals surface area contributed by atoms with Gasteiger partial charge in [0.2, 0.25) is 5.78 Å². The van der Waals surface area contributed by atoms with Crippen molar-refractivity contribution in [2.45, 2.75) is 13.5 Å². The Bertz CT molecular complexity index is 303. The van der Waals surface area contributed by atoms with Gasteiger partial charge in [0.15, 0.2) is 0 Å². The minimum Gasteiger partial charge on any atom is -0.364 e. The second kappa shape index (κ2) is 3.89. The maximum absolute atomic E-state index is 11.1. The number of Topliss-reactive ketones (excluding diaryl/α,β-unsaturated/α-hetero) is 1. The number of rotatable bonds is 3. The van der Waals surface area contributed by atoms with Crippen LogP contribution in [0.15, 0.2) is 18.3 Å². The number of nitrogens with one attached hydrogen (secondary N) is 1. The zero-order valence-electron chi connectivity index (χ0n) is 7.70. The van der Waals surface area contributed by atoms with Crippen molar-refractivity contribution in [3.63, 3.8) is 0 Å². The molecule has 1 amide bonds. The summed E-state index contributed by atoms with van der Waals surface area (Å²) in [6, 6.07) is 3.71. The lowest BCUT2D eigenvalue weighted by atomic mass is 10.3. The number of nitrogens with zero attached hydrogens (tertiary/aromatic N) is 1. The van der Waals surface area contributed by atoms with Crippen molar-refractivity contribution in [3.8, 4) is 0 Å². The van der Waals surface area contributed by atoms with Crippen LogP contribution in [0, 0.1) is 0 Å². The monoisotopic (exact) mass is 180 g/mol. The lowest BCUT2D eigenvalue weighted by molar-refractivity contribution is -0.143. The summed E-state index contributed by atoms with van der Waals surface area (Å²) >= 11 is 0. The molecule has 70 valence electrons. The van der Waals surface area contributed by atoms with Gasteiger partial charge in [0.25, 0.3) is 5.91 Å². The molecule has 1 heterocycles. The van der Waals surface area contributed by atoms with Gasteiger partial charge >= 0.3 is 0 Å². The molecular formula is C9H12N2O2. The Hall–Kier alpha value is -1.58. The molecule has 0 saturated heterocycles. The second-order valence-electron chi connectivity index (χ2n) is 2.91. The molecule has 0 saturated carbocycles. The summed E-state index contributed by atoms with van der Waals surface area (Å²) in [5.41, 5.74) is 0.914. The largest absolute Gasteiger partial charge is 0.364 e. The van der Waals surface area contributed by atoms with Gasteiger partial charge in [0.1, 0.15) is 0 Å². The standard InChI is InChI=1S/C9H12N2O2/c1-7(12)9(13)11(2)6-8-4-3-5-10-8/h3-5,10H,6H2,1-2H3. The third-order valence-electron chi connectivity index (χ3n) is 1.72. The first kappa shape index (κ1) is 9.51. The van der Waals surface area contributed by atoms with Crippen molar-refractivity contribution >= 4 is 11.7 Å². The molecule has 13 heavy (non-hydrogen) atoms. The number of hydrogen-bond acceptors (Lipinski definition) is 2. The van der Waals surface area contributed by atoms with Gasteiger partial charge in [0, 0.05) is 25.9 Å². The number of hydrogen-bond donors (Lipinski definition) is 1. The van der Waals surface area contributed by atoms with Crippen LogP contribution in [0.5, 0.6) is 0 Å². The first-order valence-electron chi connectivity index (χ1n) is 3.99. The lowest BCUT2D eigenvalue weighted by Crippen LogP contribution is -2.31. The van der Waals surface area contributed by atoms with Gasteiger partial charge in [-0.2, -0.15) is 0 Å². The summed E-state index contributed by atoms with van der Waals surface area (Å²) in [6.07, 6.45) is 1.78. The Balaban J connectivity index is 2.55. The van der Waals surface area contributed by atoms with Crippen LogP contribution in [-0.2, 0) is 16.1 Å². The molecule has 0 fully saturated rings. The summed E-state index contributed by atoms with van der Waals surface area (Å²) in [5, 5.41) is 0. The quantitative estimate of drug-likeness (QED) is 0.691. The molecular weight excluding hydrogens is 168 g/mol. The third-order valence-corrected chi connectivity index (χ3v) is 1.72. The second-order valence-corrected chi connectivity index (χ2v) is 2.91. The maximum Gasteiger partial charge on any atom is 0.289 e. The highest BCUT2D eigenvalue weighted by atomic mass is 16.2. The summed E-state index contributed by atoms with van der Waals surface area (Å²) in [6.45, 7) is 1.71. The highest BCUT2D eigenvalue weighted by molar-refractivity contribution is 6.34. The van der Waals surface area contributed by atoms with E-state index in [1.54, 1.807) is 13.2 Å². The zero-order valence-corrected chi connectivity index (χ0v) is 7.70. The maximum atomic E-state index is 11.1. The van der Waals surface area contributed by atoms with E-state index in [4.69, 9.17) is 0 Å². The lowest BCUT2D eigenvalue weighted by Gasteiger charge is -2.13. The molecule has 0 atom stereocenters. The molecule has 4 nitrogen and oxygen atoms in total. The minimum atomic E-state index is -0.463. The fourth-order valence-electron chi connectivity index (χ4n) is 1.06. The van der Waals surface area contributed by atoms with Crippen LogP contribution >= 0.6 is 0 Å². The Morgan fingerprint density at radius 2 is 2.23 bits per heavy atom. The van der Waals surface area contributed by atoms with E-state index in [1.807, 2.05) is 12.1 Å². The van der Waals surface area contributed by atoms with Crippen LogP contribution in [0.2, 0.25) is 0 Å². The number of amides is 1. The van der Waals surface area contributed by atoms with Gasteiger partial charge in [-0.25, -0.2) is 0 Å². The van der Waals surface area contributed by atoms with Crippen LogP contribution in [0.1, 0.15) is 12.6 Å². The van der Waals surface area contributed by atoms with Crippen LogP contribution in [0.4, 0.5) is 0 Å². The molecule has 0 unspecified atom stereocenters. The van der Waals surface area contributed by atoms with Crippen molar-refractivity contribution in [2.75, 3.05) is 7.05 Å². The Labute approximate surface area is 76.5 Å². The van der Waals surface area contributed by atoms with E-state index in [9.17, 15) is 9.59 Å². The molecule has 1 rings (SSSR count). The molecule has 0 aliphatic heterocycles. The SMILES string of the molecule is CC(=O)C(=O)N(C)Cc1ccc[nH]1. The molecule has 0 aliphatic carbocycles. The normalized spacial score (nSPS) is 9.69. The molecule has 1 aromatic rings. The Morgan fingerprint density at radius 1 is 1.54 bits per heavy atom. The smallest absolute Gasteiger partial charge is 0.289 e. The van der Waals surface area contributed by atoms with E-state index in [-0.39, 0.29) is 0 Å². The van der Waals surface area contributed by atoms with Crippen molar-refractivity contribution in [3.05, 3.63) is 24.0 Å². The van der Waals surface area contributed by atoms with Crippen molar-refractivity contribution in [1.29, 1.82) is 0 Å². The average Bonchev–Trinajstić information content (AvgIpc) is 2.55. The fourth-order valence-corrected chi connectivity index (χ4v) is 1.06. The summed E-state index contributed by atoms with van der Waals surface area (Å²) in [4.78, 5) is 26.2. The predicted molar refractivity (Wildman–Crippen MR) is 47.9 cm³/mol. The Kier molecular flexibility index (Phi) is 2.84.